The summed E-state index contributed by atoms with van der Waals surface area (Å²) >= 11 is 0. The van der Waals surface area contributed by atoms with Crippen molar-refractivity contribution in [3.8, 4) is 0 Å². The van der Waals surface area contributed by atoms with Gasteiger partial charge in [-0.15, -0.1) is 0 Å². The molecule has 0 bridgehead atoms. The number of benzene rings is 1. The number of aryl methyl sites for hydroxylation is 1. The summed E-state index contributed by atoms with van der Waals surface area (Å²) in [6, 6.07) is 8.38. The largest absolute Gasteiger partial charge is 0.481 e. The number of carbonyl (C=O) groups excluding carboxylic acids is 1. The van der Waals surface area contributed by atoms with Gasteiger partial charge in [0, 0.05) is 6.92 Å². The first kappa shape index (κ1) is 21.2. The van der Waals surface area contributed by atoms with E-state index in [1.54, 1.807) is 0 Å². The molecule has 0 aliphatic rings. The van der Waals surface area contributed by atoms with Crippen molar-refractivity contribution in [1.29, 1.82) is 0 Å². The van der Waals surface area contributed by atoms with Gasteiger partial charge in [-0.2, -0.15) is 0 Å². The van der Waals surface area contributed by atoms with Gasteiger partial charge in [0.1, 0.15) is 6.10 Å². The topological polar surface area (TPSA) is 63.6 Å². The lowest BCUT2D eigenvalue weighted by atomic mass is 9.86. The predicted molar refractivity (Wildman–Crippen MR) is 99.7 cm³/mol. The third-order valence-corrected chi connectivity index (χ3v) is 4.49. The summed E-state index contributed by atoms with van der Waals surface area (Å²) < 4.78 is 5.35. The zero-order valence-electron chi connectivity index (χ0n) is 16.2. The molecule has 2 unspecified atom stereocenters. The fraction of sp³-hybridized carbons (Fsp3) is 0.619. The van der Waals surface area contributed by atoms with Gasteiger partial charge in [0.05, 0.1) is 5.92 Å². The normalized spacial score (nSPS) is 14.0. The van der Waals surface area contributed by atoms with Crippen molar-refractivity contribution >= 4 is 11.9 Å². The van der Waals surface area contributed by atoms with Crippen LogP contribution in [0.25, 0.3) is 0 Å². The van der Waals surface area contributed by atoms with E-state index in [2.05, 4.69) is 45.0 Å². The lowest BCUT2D eigenvalue weighted by Gasteiger charge is -2.24. The van der Waals surface area contributed by atoms with Crippen molar-refractivity contribution in [2.45, 2.75) is 78.2 Å². The van der Waals surface area contributed by atoms with Gasteiger partial charge in [-0.3, -0.25) is 9.59 Å². The van der Waals surface area contributed by atoms with Crippen molar-refractivity contribution in [1.82, 2.24) is 0 Å². The Hall–Kier alpha value is -1.84. The molecule has 0 saturated carbocycles. The molecule has 2 atom stereocenters. The van der Waals surface area contributed by atoms with Crippen molar-refractivity contribution in [2.24, 2.45) is 5.92 Å². The molecule has 0 aliphatic heterocycles. The van der Waals surface area contributed by atoms with Gasteiger partial charge in [0.25, 0.3) is 0 Å². The van der Waals surface area contributed by atoms with E-state index in [-0.39, 0.29) is 5.41 Å². The van der Waals surface area contributed by atoms with Gasteiger partial charge < -0.3 is 9.84 Å². The van der Waals surface area contributed by atoms with Crippen LogP contribution in [-0.4, -0.2) is 23.1 Å². The van der Waals surface area contributed by atoms with E-state index in [1.165, 1.54) is 12.5 Å². The van der Waals surface area contributed by atoms with Crippen molar-refractivity contribution in [3.63, 3.8) is 0 Å². The molecule has 0 amide bonds. The van der Waals surface area contributed by atoms with Crippen LogP contribution in [0, 0.1) is 5.92 Å². The Kier molecular flexibility index (Phi) is 8.14. The summed E-state index contributed by atoms with van der Waals surface area (Å²) in [5.41, 5.74) is 2.50. The van der Waals surface area contributed by atoms with Gasteiger partial charge in [0.2, 0.25) is 0 Å². The second-order valence-electron chi connectivity index (χ2n) is 7.72. The van der Waals surface area contributed by atoms with E-state index in [0.29, 0.717) is 19.3 Å². The minimum absolute atomic E-state index is 0.105. The minimum Gasteiger partial charge on any atom is -0.481 e. The minimum atomic E-state index is -0.886. The maximum atomic E-state index is 11.6. The molecule has 0 saturated heterocycles. The molecule has 0 aromatic heterocycles. The molecular formula is C21H32O4. The van der Waals surface area contributed by atoms with Crippen LogP contribution in [0.5, 0.6) is 0 Å². The first-order valence-corrected chi connectivity index (χ1v) is 9.14. The van der Waals surface area contributed by atoms with Crippen molar-refractivity contribution in [2.75, 3.05) is 0 Å². The maximum absolute atomic E-state index is 11.6. The smallest absolute Gasteiger partial charge is 0.310 e. The van der Waals surface area contributed by atoms with Crippen molar-refractivity contribution < 1.29 is 19.4 Å². The number of ether oxygens (including phenoxy) is 1. The third kappa shape index (κ3) is 7.29. The average molecular weight is 348 g/mol. The van der Waals surface area contributed by atoms with Gasteiger partial charge in [-0.25, -0.2) is 0 Å². The molecule has 1 aromatic rings. The molecule has 0 heterocycles. The van der Waals surface area contributed by atoms with E-state index < -0.39 is 24.0 Å². The average Bonchev–Trinajstić information content (AvgIpc) is 2.51. The fourth-order valence-corrected chi connectivity index (χ4v) is 2.93. The highest BCUT2D eigenvalue weighted by Crippen LogP contribution is 2.24. The summed E-state index contributed by atoms with van der Waals surface area (Å²) in [4.78, 5) is 23.0. The summed E-state index contributed by atoms with van der Waals surface area (Å²) in [5.74, 6) is -1.95. The quantitative estimate of drug-likeness (QED) is 0.655. The number of esters is 1. The number of hydrogen-bond acceptors (Lipinski definition) is 3. The lowest BCUT2D eigenvalue weighted by molar-refractivity contribution is -0.157. The molecule has 140 valence electrons. The maximum Gasteiger partial charge on any atom is 0.310 e. The number of unbranched alkanes of at least 4 members (excludes halogenated alkanes) is 1. The van der Waals surface area contributed by atoms with E-state index in [9.17, 15) is 14.7 Å². The molecule has 0 spiro atoms. The highest BCUT2D eigenvalue weighted by atomic mass is 16.5. The summed E-state index contributed by atoms with van der Waals surface area (Å²) in [6.45, 7) is 9.87. The summed E-state index contributed by atoms with van der Waals surface area (Å²) in [7, 11) is 0. The van der Waals surface area contributed by atoms with Gasteiger partial charge in [-0.1, -0.05) is 64.8 Å². The molecule has 4 nitrogen and oxygen atoms in total. The fourth-order valence-electron chi connectivity index (χ4n) is 2.93. The Bertz CT molecular complexity index is 554. The van der Waals surface area contributed by atoms with Crippen LogP contribution in [0.2, 0.25) is 0 Å². The second kappa shape index (κ2) is 9.59. The Morgan fingerprint density at radius 1 is 1.12 bits per heavy atom. The Morgan fingerprint density at radius 3 is 2.16 bits per heavy atom. The molecule has 1 aromatic carbocycles. The summed E-state index contributed by atoms with van der Waals surface area (Å²) in [5, 5.41) is 9.52. The molecule has 1 N–H and O–H groups in total. The first-order valence-electron chi connectivity index (χ1n) is 9.14. The predicted octanol–water partition coefficient (Wildman–Crippen LogP) is 4.74. The number of carboxylic acid groups (broad SMARTS) is 1. The van der Waals surface area contributed by atoms with Crippen LogP contribution in [0.15, 0.2) is 24.3 Å². The van der Waals surface area contributed by atoms with E-state index in [0.717, 1.165) is 18.4 Å². The Morgan fingerprint density at radius 2 is 1.72 bits per heavy atom. The van der Waals surface area contributed by atoms with E-state index in [4.69, 9.17) is 4.74 Å². The zero-order chi connectivity index (χ0) is 19.0. The molecule has 0 radical (unpaired) electrons. The number of hydrogen-bond donors (Lipinski definition) is 1. The number of carboxylic acids is 1. The number of carbonyl (C=O) groups is 2. The van der Waals surface area contributed by atoms with Crippen LogP contribution >= 0.6 is 0 Å². The molecule has 0 aliphatic carbocycles. The van der Waals surface area contributed by atoms with Crippen LogP contribution in [0.1, 0.15) is 71.4 Å². The molecule has 1 rings (SSSR count). The third-order valence-electron chi connectivity index (χ3n) is 4.49. The monoisotopic (exact) mass is 348 g/mol. The van der Waals surface area contributed by atoms with Crippen LogP contribution < -0.4 is 0 Å². The first-order chi connectivity index (χ1) is 11.6. The molecule has 0 fully saturated rings. The lowest BCUT2D eigenvalue weighted by Crippen LogP contribution is -2.32. The summed E-state index contributed by atoms with van der Waals surface area (Å²) in [6.07, 6.45) is 2.91. The standard InChI is InChI=1S/C21H32O4/c1-6-7-8-18(20(23)24)19(25-15(2)22)14-11-16-9-12-17(13-10-16)21(3,4)5/h9-10,12-13,18-19H,6-8,11,14H2,1-5H3,(H,23,24). The number of rotatable bonds is 9. The highest BCUT2D eigenvalue weighted by Gasteiger charge is 2.30. The van der Waals surface area contributed by atoms with E-state index in [1.807, 2.05) is 6.92 Å². The molecular weight excluding hydrogens is 316 g/mol. The zero-order valence-corrected chi connectivity index (χ0v) is 16.2. The van der Waals surface area contributed by atoms with Gasteiger partial charge in [-0.05, 0) is 35.8 Å². The van der Waals surface area contributed by atoms with Crippen molar-refractivity contribution in [3.05, 3.63) is 35.4 Å². The van der Waals surface area contributed by atoms with Crippen LogP contribution in [0.3, 0.4) is 0 Å². The van der Waals surface area contributed by atoms with Crippen LogP contribution in [0.4, 0.5) is 0 Å². The highest BCUT2D eigenvalue weighted by molar-refractivity contribution is 5.72. The van der Waals surface area contributed by atoms with Crippen LogP contribution in [-0.2, 0) is 26.2 Å². The van der Waals surface area contributed by atoms with E-state index >= 15 is 0 Å². The number of aliphatic carboxylic acids is 1. The van der Waals surface area contributed by atoms with Gasteiger partial charge in [0.15, 0.2) is 0 Å². The van der Waals surface area contributed by atoms with Gasteiger partial charge >= 0.3 is 11.9 Å². The molecule has 25 heavy (non-hydrogen) atoms. The SMILES string of the molecule is CCCCC(C(=O)O)C(CCc1ccc(C(C)(C)C)cc1)OC(C)=O. The second-order valence-corrected chi connectivity index (χ2v) is 7.72. The Balaban J connectivity index is 2.80. The molecule has 4 heteroatoms. The Labute approximate surface area is 151 Å².